The molecule has 1 fully saturated rings. The molecule has 12 heteroatoms. The Morgan fingerprint density at radius 3 is 2.57 bits per heavy atom. The van der Waals surface area contributed by atoms with Gasteiger partial charge in [0.05, 0.1) is 45.2 Å². The van der Waals surface area contributed by atoms with E-state index in [1.165, 1.54) is 0 Å². The van der Waals surface area contributed by atoms with Gasteiger partial charge in [-0.15, -0.1) is 11.3 Å². The Kier molecular flexibility index (Phi) is 8.67. The highest BCUT2D eigenvalue weighted by atomic mass is 32.1. The third kappa shape index (κ3) is 6.60. The lowest BCUT2D eigenvalue weighted by Crippen LogP contribution is -2.36. The molecule has 3 aromatic carbocycles. The zero-order chi connectivity index (χ0) is 32.2. The van der Waals surface area contributed by atoms with Crippen molar-refractivity contribution in [1.82, 2.24) is 19.4 Å². The van der Waals surface area contributed by atoms with Crippen molar-refractivity contribution in [3.05, 3.63) is 96.1 Å². The van der Waals surface area contributed by atoms with Crippen molar-refractivity contribution in [2.24, 2.45) is 0 Å². The van der Waals surface area contributed by atoms with Gasteiger partial charge in [0.25, 0.3) is 0 Å². The van der Waals surface area contributed by atoms with Crippen LogP contribution in [0.25, 0.3) is 27.6 Å². The molecule has 0 aliphatic carbocycles. The molecule has 2 N–H and O–H groups in total. The molecule has 11 nitrogen and oxygen atoms in total. The van der Waals surface area contributed by atoms with E-state index in [4.69, 9.17) is 24.2 Å². The molecule has 0 radical (unpaired) electrons. The maximum atomic E-state index is 13.0. The summed E-state index contributed by atoms with van der Waals surface area (Å²) >= 11 is 1.55. The van der Waals surface area contributed by atoms with Gasteiger partial charge in [-0.3, -0.25) is 9.20 Å². The second kappa shape index (κ2) is 13.5. The van der Waals surface area contributed by atoms with Crippen LogP contribution in [0.2, 0.25) is 0 Å². The first kappa shape index (κ1) is 30.2. The normalized spacial score (nSPS) is 13.0. The van der Waals surface area contributed by atoms with Crippen LogP contribution < -0.4 is 25.0 Å². The van der Waals surface area contributed by atoms with Crippen molar-refractivity contribution in [2.45, 2.75) is 6.42 Å². The van der Waals surface area contributed by atoms with E-state index in [1.54, 1.807) is 37.8 Å². The second-order valence-electron chi connectivity index (χ2n) is 10.9. The first-order valence-electron chi connectivity index (χ1n) is 15.2. The summed E-state index contributed by atoms with van der Waals surface area (Å²) in [6.07, 6.45) is 3.91. The number of hydrogen-bond acceptors (Lipinski definition) is 10. The molecule has 6 aromatic rings. The van der Waals surface area contributed by atoms with Crippen molar-refractivity contribution in [3.8, 4) is 34.1 Å². The molecule has 0 spiro atoms. The minimum Gasteiger partial charge on any atom is -0.493 e. The Morgan fingerprint density at radius 2 is 1.77 bits per heavy atom. The molecule has 0 atom stereocenters. The molecule has 4 heterocycles. The highest BCUT2D eigenvalue weighted by Crippen LogP contribution is 2.35. The molecule has 0 saturated carbocycles. The fraction of sp³-hybridized carbons (Fsp3) is 0.200. The average molecular weight is 648 g/mol. The monoisotopic (exact) mass is 647 g/mol. The van der Waals surface area contributed by atoms with E-state index < -0.39 is 0 Å². The van der Waals surface area contributed by atoms with Gasteiger partial charge in [0.15, 0.2) is 16.5 Å². The maximum absolute atomic E-state index is 13.0. The minimum atomic E-state index is -0.148. The molecule has 47 heavy (non-hydrogen) atoms. The van der Waals surface area contributed by atoms with E-state index in [9.17, 15) is 4.79 Å². The summed E-state index contributed by atoms with van der Waals surface area (Å²) in [5, 5.41) is 8.37. The largest absolute Gasteiger partial charge is 0.493 e. The standard InChI is InChI=1S/C35H33N7O4S/c1-44-29-11-6-23(20-30(29)45-2)21-31(43)37-26-5-3-4-24(22-26)32-33(42-16-19-47-35(42)40-32)28-12-13-36-34(39-28)38-25-7-9-27(10-8-25)41-14-17-46-18-15-41/h3-13,16,19-20,22H,14-15,17-18,21H2,1-2H3,(H,37,43)(H,36,38,39). The molecule has 1 aliphatic heterocycles. The van der Waals surface area contributed by atoms with Crippen molar-refractivity contribution < 1.29 is 19.0 Å². The summed E-state index contributed by atoms with van der Waals surface area (Å²) in [7, 11) is 3.16. The summed E-state index contributed by atoms with van der Waals surface area (Å²) in [6, 6.07) is 23.3. The summed E-state index contributed by atoms with van der Waals surface area (Å²) < 4.78 is 18.2. The zero-order valence-electron chi connectivity index (χ0n) is 26.0. The van der Waals surface area contributed by atoms with Crippen LogP contribution in [-0.2, 0) is 16.0 Å². The Hall–Kier alpha value is -5.46. The van der Waals surface area contributed by atoms with E-state index in [2.05, 4.69) is 32.7 Å². The van der Waals surface area contributed by atoms with E-state index in [0.29, 0.717) is 23.1 Å². The smallest absolute Gasteiger partial charge is 0.228 e. The predicted molar refractivity (Wildman–Crippen MR) is 184 cm³/mol. The summed E-state index contributed by atoms with van der Waals surface area (Å²) in [4.78, 5) is 30.5. The molecule has 1 aliphatic rings. The molecular formula is C35H33N7O4S. The number of anilines is 4. The number of aromatic nitrogens is 4. The lowest BCUT2D eigenvalue weighted by Gasteiger charge is -2.28. The van der Waals surface area contributed by atoms with Crippen LogP contribution in [0.4, 0.5) is 23.0 Å². The number of morpholine rings is 1. The Labute approximate surface area is 275 Å². The van der Waals surface area contributed by atoms with Gasteiger partial charge in [0.1, 0.15) is 5.69 Å². The Balaban J connectivity index is 1.12. The molecule has 0 bridgehead atoms. The van der Waals surface area contributed by atoms with Crippen LogP contribution in [0, 0.1) is 0 Å². The molecule has 0 unspecified atom stereocenters. The van der Waals surface area contributed by atoms with Crippen LogP contribution in [0.5, 0.6) is 11.5 Å². The molecule has 3 aromatic heterocycles. The van der Waals surface area contributed by atoms with Crippen LogP contribution in [0.3, 0.4) is 0 Å². The number of hydrogen-bond donors (Lipinski definition) is 2. The first-order valence-corrected chi connectivity index (χ1v) is 16.1. The fourth-order valence-corrected chi connectivity index (χ4v) is 6.33. The highest BCUT2D eigenvalue weighted by molar-refractivity contribution is 7.15. The molecule has 7 rings (SSSR count). The second-order valence-corrected chi connectivity index (χ2v) is 11.8. The molecule has 1 saturated heterocycles. The summed E-state index contributed by atoms with van der Waals surface area (Å²) in [6.45, 7) is 3.26. The Morgan fingerprint density at radius 1 is 0.936 bits per heavy atom. The number of carbonyl (C=O) groups excluding carboxylic acids is 1. The summed E-state index contributed by atoms with van der Waals surface area (Å²) in [5.41, 5.74) is 6.70. The van der Waals surface area contributed by atoms with E-state index in [0.717, 1.165) is 70.8 Å². The number of ether oxygens (including phenoxy) is 3. The molecule has 1 amide bonds. The van der Waals surface area contributed by atoms with Gasteiger partial charge in [-0.2, -0.15) is 0 Å². The number of amides is 1. The third-order valence-electron chi connectivity index (χ3n) is 7.89. The van der Waals surface area contributed by atoms with Crippen molar-refractivity contribution in [1.29, 1.82) is 0 Å². The number of benzene rings is 3. The number of methoxy groups -OCH3 is 2. The number of rotatable bonds is 10. The van der Waals surface area contributed by atoms with Gasteiger partial charge in [0.2, 0.25) is 11.9 Å². The quantitative estimate of drug-likeness (QED) is 0.177. The molecule has 238 valence electrons. The lowest BCUT2D eigenvalue weighted by atomic mass is 10.1. The number of imidazole rings is 1. The van der Waals surface area contributed by atoms with Crippen molar-refractivity contribution >= 4 is 45.2 Å². The number of carbonyl (C=O) groups is 1. The fourth-order valence-electron chi connectivity index (χ4n) is 5.61. The highest BCUT2D eigenvalue weighted by Gasteiger charge is 2.20. The Bertz CT molecular complexity index is 2020. The van der Waals surface area contributed by atoms with E-state index in [1.807, 2.05) is 70.6 Å². The van der Waals surface area contributed by atoms with Crippen LogP contribution in [0.15, 0.2) is 90.6 Å². The first-order chi connectivity index (χ1) is 23.1. The van der Waals surface area contributed by atoms with Gasteiger partial charge in [-0.25, -0.2) is 15.0 Å². The van der Waals surface area contributed by atoms with E-state index >= 15 is 0 Å². The van der Waals surface area contributed by atoms with Crippen LogP contribution in [-0.4, -0.2) is 65.8 Å². The van der Waals surface area contributed by atoms with Crippen molar-refractivity contribution in [3.63, 3.8) is 0 Å². The van der Waals surface area contributed by atoms with Gasteiger partial charge in [0, 0.05) is 53.5 Å². The number of nitrogens with zero attached hydrogens (tertiary/aromatic N) is 5. The predicted octanol–water partition coefficient (Wildman–Crippen LogP) is 6.30. The van der Waals surface area contributed by atoms with Gasteiger partial charge < -0.3 is 29.7 Å². The van der Waals surface area contributed by atoms with E-state index in [-0.39, 0.29) is 12.3 Å². The zero-order valence-corrected chi connectivity index (χ0v) is 26.8. The van der Waals surface area contributed by atoms with Crippen LogP contribution in [0.1, 0.15) is 5.56 Å². The average Bonchev–Trinajstić information content (AvgIpc) is 3.71. The van der Waals surface area contributed by atoms with Gasteiger partial charge in [-0.1, -0.05) is 18.2 Å². The topological polar surface area (TPSA) is 115 Å². The van der Waals surface area contributed by atoms with Gasteiger partial charge in [-0.05, 0) is 60.2 Å². The van der Waals surface area contributed by atoms with Crippen molar-refractivity contribution in [2.75, 3.05) is 56.1 Å². The number of fused-ring (bicyclic) bond motifs is 1. The number of thiazole rings is 1. The SMILES string of the molecule is COc1ccc(CC(=O)Nc2cccc(-c3nc4sccn4c3-c3ccnc(Nc4ccc(N5CCOCC5)cc4)n3)c2)cc1OC. The lowest BCUT2D eigenvalue weighted by molar-refractivity contribution is -0.115. The third-order valence-corrected chi connectivity index (χ3v) is 8.65. The molecular weight excluding hydrogens is 614 g/mol. The van der Waals surface area contributed by atoms with Gasteiger partial charge >= 0.3 is 0 Å². The number of nitrogens with one attached hydrogen (secondary N) is 2. The van der Waals surface area contributed by atoms with Crippen LogP contribution >= 0.6 is 11.3 Å². The minimum absolute atomic E-state index is 0.148. The summed E-state index contributed by atoms with van der Waals surface area (Å²) in [5.74, 6) is 1.53. The maximum Gasteiger partial charge on any atom is 0.228 e.